The van der Waals surface area contributed by atoms with Gasteiger partial charge in [0, 0.05) is 44.3 Å². The fraction of sp³-hybridized carbons (Fsp3) is 0.714. The average Bonchev–Trinajstić information content (AvgIpc) is 3.28. The lowest BCUT2D eigenvalue weighted by molar-refractivity contribution is -0.138. The van der Waals surface area contributed by atoms with Gasteiger partial charge in [-0.3, -0.25) is 4.79 Å². The molecular weight excluding hydrogens is 381 g/mol. The predicted molar refractivity (Wildman–Crippen MR) is 105 cm³/mol. The second-order valence-electron chi connectivity index (χ2n) is 8.46. The number of amides is 1. The summed E-state index contributed by atoms with van der Waals surface area (Å²) >= 11 is 0. The maximum atomic E-state index is 12.9. The molecule has 0 bridgehead atoms. The van der Waals surface area contributed by atoms with Crippen molar-refractivity contribution in [2.24, 2.45) is 5.92 Å². The molecule has 1 aromatic heterocycles. The maximum Gasteiger partial charge on any atom is 0.417 e. The molecule has 5 nitrogen and oxygen atoms in total. The van der Waals surface area contributed by atoms with Crippen molar-refractivity contribution in [3.05, 3.63) is 23.9 Å². The normalized spacial score (nSPS) is 23.0. The van der Waals surface area contributed by atoms with E-state index in [1.165, 1.54) is 32.0 Å². The summed E-state index contributed by atoms with van der Waals surface area (Å²) in [5, 5.41) is 0. The topological polar surface area (TPSA) is 39.7 Å². The summed E-state index contributed by atoms with van der Waals surface area (Å²) in [6.07, 6.45) is 2.71. The number of rotatable bonds is 3. The lowest BCUT2D eigenvalue weighted by Gasteiger charge is -2.39. The van der Waals surface area contributed by atoms with E-state index in [1.807, 2.05) is 9.80 Å². The minimum atomic E-state index is -4.37. The van der Waals surface area contributed by atoms with Crippen LogP contribution in [0, 0.1) is 5.92 Å². The van der Waals surface area contributed by atoms with Crippen molar-refractivity contribution in [3.63, 3.8) is 0 Å². The Hall–Kier alpha value is -1.83. The van der Waals surface area contributed by atoms with Crippen molar-refractivity contribution in [1.82, 2.24) is 14.8 Å². The minimum Gasteiger partial charge on any atom is -0.357 e. The third kappa shape index (κ3) is 4.68. The number of anilines is 1. The van der Waals surface area contributed by atoms with Crippen LogP contribution in [0.1, 0.15) is 44.1 Å². The Morgan fingerprint density at radius 2 is 1.59 bits per heavy atom. The second-order valence-corrected chi connectivity index (χ2v) is 8.46. The van der Waals surface area contributed by atoms with Gasteiger partial charge in [-0.25, -0.2) is 4.98 Å². The van der Waals surface area contributed by atoms with Crippen molar-refractivity contribution in [2.45, 2.75) is 50.7 Å². The number of likely N-dealkylation sites (tertiary alicyclic amines) is 2. The van der Waals surface area contributed by atoms with Gasteiger partial charge in [0.25, 0.3) is 0 Å². The first kappa shape index (κ1) is 20.4. The molecule has 29 heavy (non-hydrogen) atoms. The number of alkyl halides is 3. The van der Waals surface area contributed by atoms with Crippen LogP contribution in [0.25, 0.3) is 0 Å². The molecule has 0 aliphatic carbocycles. The second kappa shape index (κ2) is 8.50. The highest BCUT2D eigenvalue weighted by Gasteiger charge is 2.34. The zero-order valence-corrected chi connectivity index (χ0v) is 16.7. The molecule has 0 aromatic carbocycles. The molecule has 3 saturated heterocycles. The number of piperidine rings is 2. The Morgan fingerprint density at radius 3 is 2.14 bits per heavy atom. The Kier molecular flexibility index (Phi) is 5.99. The zero-order chi connectivity index (χ0) is 20.4. The van der Waals surface area contributed by atoms with E-state index in [0.29, 0.717) is 24.9 Å². The zero-order valence-electron chi connectivity index (χ0n) is 16.7. The van der Waals surface area contributed by atoms with Gasteiger partial charge in [0.15, 0.2) is 0 Å². The molecule has 3 aliphatic heterocycles. The smallest absolute Gasteiger partial charge is 0.357 e. The first-order chi connectivity index (χ1) is 13.9. The highest BCUT2D eigenvalue weighted by Crippen LogP contribution is 2.31. The average molecular weight is 410 g/mol. The van der Waals surface area contributed by atoms with Crippen LogP contribution < -0.4 is 4.90 Å². The fourth-order valence-corrected chi connectivity index (χ4v) is 4.91. The fourth-order valence-electron chi connectivity index (χ4n) is 4.91. The van der Waals surface area contributed by atoms with E-state index in [0.717, 1.165) is 51.0 Å². The Labute approximate surface area is 169 Å². The van der Waals surface area contributed by atoms with Crippen LogP contribution in [0.15, 0.2) is 18.3 Å². The Morgan fingerprint density at radius 1 is 0.931 bits per heavy atom. The number of nitrogens with zero attached hydrogens (tertiary/aromatic N) is 4. The standard InChI is InChI=1S/C21H29F3N4O/c22-21(23,24)17-3-4-19(25-15-17)27-11-5-16(6-12-27)20(29)28-13-7-18(8-14-28)26-9-1-2-10-26/h3-4,15-16,18H,1-2,5-14H2. The summed E-state index contributed by atoms with van der Waals surface area (Å²) in [5.41, 5.74) is -0.733. The monoisotopic (exact) mass is 410 g/mol. The van der Waals surface area contributed by atoms with Crippen LogP contribution in [0.5, 0.6) is 0 Å². The van der Waals surface area contributed by atoms with E-state index < -0.39 is 11.7 Å². The van der Waals surface area contributed by atoms with Gasteiger partial charge in [0.1, 0.15) is 5.82 Å². The molecule has 1 amide bonds. The molecule has 8 heteroatoms. The number of pyridine rings is 1. The number of hydrogen-bond acceptors (Lipinski definition) is 4. The lowest BCUT2D eigenvalue weighted by Crippen LogP contribution is -2.49. The first-order valence-electron chi connectivity index (χ1n) is 10.7. The lowest BCUT2D eigenvalue weighted by atomic mass is 9.93. The molecule has 0 saturated carbocycles. The molecule has 3 aliphatic rings. The summed E-state index contributed by atoms with van der Waals surface area (Å²) in [6.45, 7) is 5.41. The molecule has 4 heterocycles. The Bertz CT molecular complexity index is 687. The number of carbonyl (C=O) groups is 1. The number of halogens is 3. The van der Waals surface area contributed by atoms with Gasteiger partial charge >= 0.3 is 6.18 Å². The Balaban J connectivity index is 1.25. The summed E-state index contributed by atoms with van der Waals surface area (Å²) in [7, 11) is 0. The summed E-state index contributed by atoms with van der Waals surface area (Å²) in [6, 6.07) is 3.13. The first-order valence-corrected chi connectivity index (χ1v) is 10.7. The molecule has 0 unspecified atom stereocenters. The number of carbonyl (C=O) groups excluding carboxylic acids is 1. The van der Waals surface area contributed by atoms with Gasteiger partial charge in [-0.15, -0.1) is 0 Å². The van der Waals surface area contributed by atoms with Crippen LogP contribution in [0.4, 0.5) is 19.0 Å². The van der Waals surface area contributed by atoms with Gasteiger partial charge in [0.2, 0.25) is 5.91 Å². The highest BCUT2D eigenvalue weighted by molar-refractivity contribution is 5.79. The van der Waals surface area contributed by atoms with Crippen molar-refractivity contribution in [2.75, 3.05) is 44.2 Å². The van der Waals surface area contributed by atoms with Crippen molar-refractivity contribution >= 4 is 11.7 Å². The van der Waals surface area contributed by atoms with Crippen molar-refractivity contribution in [3.8, 4) is 0 Å². The molecule has 3 fully saturated rings. The van der Waals surface area contributed by atoms with Gasteiger partial charge < -0.3 is 14.7 Å². The van der Waals surface area contributed by atoms with Gasteiger partial charge in [-0.1, -0.05) is 0 Å². The van der Waals surface area contributed by atoms with Gasteiger partial charge in [0.05, 0.1) is 5.56 Å². The van der Waals surface area contributed by atoms with Gasteiger partial charge in [-0.05, 0) is 63.7 Å². The predicted octanol–water partition coefficient (Wildman–Crippen LogP) is 3.40. The van der Waals surface area contributed by atoms with E-state index in [1.54, 1.807) is 0 Å². The number of hydrogen-bond donors (Lipinski definition) is 0. The SMILES string of the molecule is O=C(C1CCN(c2ccc(C(F)(F)F)cn2)CC1)N1CCC(N2CCCC2)CC1. The molecular formula is C21H29F3N4O. The molecule has 0 atom stereocenters. The van der Waals surface area contributed by atoms with Crippen LogP contribution in [0.3, 0.4) is 0 Å². The molecule has 4 rings (SSSR count). The van der Waals surface area contributed by atoms with Crippen LogP contribution in [-0.4, -0.2) is 66.0 Å². The number of aromatic nitrogens is 1. The third-order valence-electron chi connectivity index (χ3n) is 6.68. The minimum absolute atomic E-state index is 0.0176. The summed E-state index contributed by atoms with van der Waals surface area (Å²) in [5.74, 6) is 0.823. The molecule has 0 N–H and O–H groups in total. The van der Waals surface area contributed by atoms with E-state index in [9.17, 15) is 18.0 Å². The largest absolute Gasteiger partial charge is 0.417 e. The third-order valence-corrected chi connectivity index (χ3v) is 6.68. The van der Waals surface area contributed by atoms with Crippen molar-refractivity contribution < 1.29 is 18.0 Å². The van der Waals surface area contributed by atoms with E-state index in [2.05, 4.69) is 9.88 Å². The molecule has 160 valence electrons. The molecule has 1 aromatic rings. The van der Waals surface area contributed by atoms with Crippen LogP contribution in [-0.2, 0) is 11.0 Å². The van der Waals surface area contributed by atoms with E-state index >= 15 is 0 Å². The summed E-state index contributed by atoms with van der Waals surface area (Å²) < 4.78 is 38.1. The highest BCUT2D eigenvalue weighted by atomic mass is 19.4. The van der Waals surface area contributed by atoms with Crippen LogP contribution in [0.2, 0.25) is 0 Å². The maximum absolute atomic E-state index is 12.9. The van der Waals surface area contributed by atoms with Gasteiger partial charge in [-0.2, -0.15) is 13.2 Å². The molecule has 0 spiro atoms. The van der Waals surface area contributed by atoms with Crippen molar-refractivity contribution in [1.29, 1.82) is 0 Å². The molecule has 0 radical (unpaired) electrons. The van der Waals surface area contributed by atoms with E-state index in [-0.39, 0.29) is 11.8 Å². The quantitative estimate of drug-likeness (QED) is 0.766. The van der Waals surface area contributed by atoms with Crippen LogP contribution >= 0.6 is 0 Å². The summed E-state index contributed by atoms with van der Waals surface area (Å²) in [4.78, 5) is 23.5. The van der Waals surface area contributed by atoms with E-state index in [4.69, 9.17) is 0 Å².